The summed E-state index contributed by atoms with van der Waals surface area (Å²) in [6, 6.07) is 4.76. The summed E-state index contributed by atoms with van der Waals surface area (Å²) in [7, 11) is 0. The van der Waals surface area contributed by atoms with E-state index in [-0.39, 0.29) is 11.9 Å². The van der Waals surface area contributed by atoms with E-state index in [9.17, 15) is 4.39 Å². The molecule has 0 spiro atoms. The van der Waals surface area contributed by atoms with E-state index in [0.717, 1.165) is 11.1 Å². The van der Waals surface area contributed by atoms with Crippen LogP contribution >= 0.6 is 15.9 Å². The molecule has 0 radical (unpaired) electrons. The highest BCUT2D eigenvalue weighted by molar-refractivity contribution is 9.10. The minimum Gasteiger partial charge on any atom is -0.271 e. The fraction of sp³-hybridized carbons (Fsp3) is 0.167. The number of aromatic nitrogens is 2. The standard InChI is InChI=1S/C12H12BrFN4/c13-12-8(2-1-3-10(12)14)4-11(18-15)9-5-16-7-17-6-9/h1-3,5-7,11,18H,4,15H2. The van der Waals surface area contributed by atoms with Crippen LogP contribution in [0.25, 0.3) is 0 Å². The molecule has 0 fully saturated rings. The first-order valence-electron chi connectivity index (χ1n) is 5.36. The van der Waals surface area contributed by atoms with Crippen LogP contribution in [0.3, 0.4) is 0 Å². The van der Waals surface area contributed by atoms with Crippen LogP contribution in [0.1, 0.15) is 17.2 Å². The molecule has 0 saturated heterocycles. The molecule has 1 aromatic heterocycles. The molecule has 2 rings (SSSR count). The Hall–Kier alpha value is -1.37. The summed E-state index contributed by atoms with van der Waals surface area (Å²) in [6.07, 6.45) is 5.37. The number of hydrogen-bond donors (Lipinski definition) is 2. The Morgan fingerprint density at radius 1 is 1.33 bits per heavy atom. The van der Waals surface area contributed by atoms with Crippen molar-refractivity contribution in [3.8, 4) is 0 Å². The van der Waals surface area contributed by atoms with Gasteiger partial charge in [-0.1, -0.05) is 12.1 Å². The van der Waals surface area contributed by atoms with E-state index in [1.165, 1.54) is 12.4 Å². The Balaban J connectivity index is 2.24. The Morgan fingerprint density at radius 2 is 2.06 bits per heavy atom. The highest BCUT2D eigenvalue weighted by atomic mass is 79.9. The van der Waals surface area contributed by atoms with Gasteiger partial charge in [0.25, 0.3) is 0 Å². The van der Waals surface area contributed by atoms with Crippen molar-refractivity contribution in [1.82, 2.24) is 15.4 Å². The zero-order chi connectivity index (χ0) is 13.0. The number of hydrazine groups is 1. The van der Waals surface area contributed by atoms with E-state index < -0.39 is 0 Å². The molecule has 1 heterocycles. The molecule has 0 aliphatic carbocycles. The number of hydrogen-bond acceptors (Lipinski definition) is 4. The van der Waals surface area contributed by atoms with Crippen LogP contribution in [0.2, 0.25) is 0 Å². The normalized spacial score (nSPS) is 12.4. The molecule has 4 nitrogen and oxygen atoms in total. The lowest BCUT2D eigenvalue weighted by atomic mass is 10.0. The molecule has 0 amide bonds. The van der Waals surface area contributed by atoms with Crippen molar-refractivity contribution in [3.63, 3.8) is 0 Å². The smallest absolute Gasteiger partial charge is 0.137 e. The van der Waals surface area contributed by atoms with Gasteiger partial charge >= 0.3 is 0 Å². The molecule has 94 valence electrons. The van der Waals surface area contributed by atoms with E-state index in [1.807, 2.05) is 6.07 Å². The SMILES string of the molecule is NNC(Cc1cccc(F)c1Br)c1cncnc1. The van der Waals surface area contributed by atoms with Crippen molar-refractivity contribution in [2.24, 2.45) is 5.84 Å². The average Bonchev–Trinajstić information content (AvgIpc) is 2.41. The van der Waals surface area contributed by atoms with Gasteiger partial charge in [0.15, 0.2) is 0 Å². The first kappa shape index (κ1) is 13.1. The first-order valence-corrected chi connectivity index (χ1v) is 6.15. The van der Waals surface area contributed by atoms with E-state index in [4.69, 9.17) is 5.84 Å². The maximum Gasteiger partial charge on any atom is 0.137 e. The van der Waals surface area contributed by atoms with Gasteiger partial charge in [0.1, 0.15) is 12.1 Å². The second kappa shape index (κ2) is 5.99. The van der Waals surface area contributed by atoms with Crippen LogP contribution in [0.5, 0.6) is 0 Å². The third kappa shape index (κ3) is 2.90. The third-order valence-corrected chi connectivity index (χ3v) is 3.53. The number of rotatable bonds is 4. The minimum absolute atomic E-state index is 0.163. The second-order valence-corrected chi connectivity index (χ2v) is 4.60. The van der Waals surface area contributed by atoms with Crippen LogP contribution in [-0.4, -0.2) is 9.97 Å². The maximum absolute atomic E-state index is 13.4. The van der Waals surface area contributed by atoms with Crippen molar-refractivity contribution < 1.29 is 4.39 Å². The Bertz CT molecular complexity index is 521. The Labute approximate surface area is 113 Å². The van der Waals surface area contributed by atoms with Gasteiger partial charge in [-0.15, -0.1) is 0 Å². The highest BCUT2D eigenvalue weighted by Gasteiger charge is 2.14. The summed E-state index contributed by atoms with van der Waals surface area (Å²) < 4.78 is 13.9. The number of nitrogens with two attached hydrogens (primary N) is 1. The molecule has 0 aliphatic rings. The number of nitrogens with one attached hydrogen (secondary N) is 1. The van der Waals surface area contributed by atoms with Crippen LogP contribution in [0, 0.1) is 5.82 Å². The highest BCUT2D eigenvalue weighted by Crippen LogP contribution is 2.25. The topological polar surface area (TPSA) is 63.8 Å². The van der Waals surface area contributed by atoms with E-state index in [2.05, 4.69) is 31.3 Å². The lowest BCUT2D eigenvalue weighted by Gasteiger charge is -2.16. The van der Waals surface area contributed by atoms with E-state index in [0.29, 0.717) is 10.9 Å². The maximum atomic E-state index is 13.4. The van der Waals surface area contributed by atoms with Crippen LogP contribution in [0.4, 0.5) is 4.39 Å². The number of benzene rings is 1. The van der Waals surface area contributed by atoms with Gasteiger partial charge in [-0.3, -0.25) is 11.3 Å². The molecular formula is C12H12BrFN4. The lowest BCUT2D eigenvalue weighted by molar-refractivity contribution is 0.543. The summed E-state index contributed by atoms with van der Waals surface area (Å²) in [5.74, 6) is 5.24. The van der Waals surface area contributed by atoms with Crippen LogP contribution in [-0.2, 0) is 6.42 Å². The van der Waals surface area contributed by atoms with Gasteiger partial charge in [0.2, 0.25) is 0 Å². The number of nitrogens with zero attached hydrogens (tertiary/aromatic N) is 2. The fourth-order valence-electron chi connectivity index (χ4n) is 1.69. The van der Waals surface area contributed by atoms with Gasteiger partial charge in [-0.2, -0.15) is 0 Å². The predicted molar refractivity (Wildman–Crippen MR) is 69.9 cm³/mol. The molecule has 0 saturated carbocycles. The molecule has 6 heteroatoms. The molecule has 1 unspecified atom stereocenters. The molecule has 18 heavy (non-hydrogen) atoms. The summed E-state index contributed by atoms with van der Waals surface area (Å²) in [5, 5.41) is 0. The van der Waals surface area contributed by atoms with Gasteiger partial charge in [0, 0.05) is 18.0 Å². The van der Waals surface area contributed by atoms with Crippen molar-refractivity contribution in [1.29, 1.82) is 0 Å². The second-order valence-electron chi connectivity index (χ2n) is 3.81. The Kier molecular flexibility index (Phi) is 4.35. The summed E-state index contributed by atoms with van der Waals surface area (Å²) >= 11 is 3.24. The number of halogens is 2. The van der Waals surface area contributed by atoms with E-state index >= 15 is 0 Å². The van der Waals surface area contributed by atoms with Crippen molar-refractivity contribution >= 4 is 15.9 Å². The average molecular weight is 311 g/mol. The van der Waals surface area contributed by atoms with Gasteiger partial charge in [0.05, 0.1) is 10.5 Å². The van der Waals surface area contributed by atoms with Crippen LogP contribution < -0.4 is 11.3 Å². The third-order valence-electron chi connectivity index (χ3n) is 2.64. The molecule has 0 aliphatic heterocycles. The molecule has 2 aromatic rings. The zero-order valence-electron chi connectivity index (χ0n) is 9.48. The summed E-state index contributed by atoms with van der Waals surface area (Å²) in [4.78, 5) is 7.89. The van der Waals surface area contributed by atoms with Crippen LogP contribution in [0.15, 0.2) is 41.4 Å². The Morgan fingerprint density at radius 3 is 2.72 bits per heavy atom. The summed E-state index contributed by atoms with van der Waals surface area (Å²) in [6.45, 7) is 0. The molecule has 0 bridgehead atoms. The zero-order valence-corrected chi connectivity index (χ0v) is 11.1. The fourth-order valence-corrected chi connectivity index (χ4v) is 2.12. The lowest BCUT2D eigenvalue weighted by Crippen LogP contribution is -2.29. The predicted octanol–water partition coefficient (Wildman–Crippen LogP) is 2.13. The van der Waals surface area contributed by atoms with Crippen molar-refractivity contribution in [2.75, 3.05) is 0 Å². The monoisotopic (exact) mass is 310 g/mol. The quantitative estimate of drug-likeness (QED) is 0.671. The van der Waals surface area contributed by atoms with E-state index in [1.54, 1.807) is 18.5 Å². The minimum atomic E-state index is -0.285. The van der Waals surface area contributed by atoms with Crippen molar-refractivity contribution in [3.05, 3.63) is 58.3 Å². The van der Waals surface area contributed by atoms with Crippen molar-refractivity contribution in [2.45, 2.75) is 12.5 Å². The van der Waals surface area contributed by atoms with Gasteiger partial charge in [-0.25, -0.2) is 14.4 Å². The molecule has 3 N–H and O–H groups in total. The van der Waals surface area contributed by atoms with Gasteiger partial charge in [-0.05, 0) is 34.0 Å². The largest absolute Gasteiger partial charge is 0.271 e. The molecule has 1 atom stereocenters. The van der Waals surface area contributed by atoms with Gasteiger partial charge < -0.3 is 0 Å². The molecular weight excluding hydrogens is 299 g/mol. The first-order chi connectivity index (χ1) is 8.72. The summed E-state index contributed by atoms with van der Waals surface area (Å²) in [5.41, 5.74) is 4.38. The molecule has 1 aromatic carbocycles.